The minimum absolute atomic E-state index is 0.301. The summed E-state index contributed by atoms with van der Waals surface area (Å²) in [4.78, 5) is 3.91. The van der Waals surface area contributed by atoms with Crippen LogP contribution in [0.4, 0.5) is 10.2 Å². The third-order valence-corrected chi connectivity index (χ3v) is 2.01. The molecule has 0 saturated heterocycles. The Morgan fingerprint density at radius 2 is 2.25 bits per heavy atom. The number of pyridine rings is 1. The second-order valence-electron chi connectivity index (χ2n) is 2.37. The molecule has 2 aromatic heterocycles. The zero-order valence-electron chi connectivity index (χ0n) is 5.96. The predicted molar refractivity (Wildman–Crippen MR) is 47.3 cm³/mol. The van der Waals surface area contributed by atoms with Crippen molar-refractivity contribution in [1.29, 1.82) is 0 Å². The molecule has 2 rings (SSSR count). The van der Waals surface area contributed by atoms with Gasteiger partial charge in [0.25, 0.3) is 0 Å². The SMILES string of the molecule is Nc1cnc2cc(Br)cc(F)n12. The number of hydrogen-bond acceptors (Lipinski definition) is 2. The van der Waals surface area contributed by atoms with E-state index >= 15 is 0 Å². The third kappa shape index (κ3) is 0.972. The van der Waals surface area contributed by atoms with Gasteiger partial charge in [-0.3, -0.25) is 4.40 Å². The Morgan fingerprint density at radius 1 is 1.50 bits per heavy atom. The van der Waals surface area contributed by atoms with Gasteiger partial charge in [0.2, 0.25) is 5.95 Å². The Morgan fingerprint density at radius 3 is 3.00 bits per heavy atom. The van der Waals surface area contributed by atoms with Gasteiger partial charge in [-0.15, -0.1) is 0 Å². The van der Waals surface area contributed by atoms with Crippen LogP contribution in [0.5, 0.6) is 0 Å². The molecule has 62 valence electrons. The fraction of sp³-hybridized carbons (Fsp3) is 0. The highest BCUT2D eigenvalue weighted by atomic mass is 79.9. The van der Waals surface area contributed by atoms with E-state index in [4.69, 9.17) is 5.73 Å². The molecular weight excluding hydrogens is 225 g/mol. The number of hydrogen-bond donors (Lipinski definition) is 1. The standard InChI is InChI=1S/C7H5BrFN3/c8-4-1-5(9)12-6(10)3-11-7(12)2-4/h1-3H,10H2. The number of fused-ring (bicyclic) bond motifs is 1. The van der Waals surface area contributed by atoms with Crippen molar-refractivity contribution >= 4 is 27.4 Å². The second kappa shape index (κ2) is 2.45. The fourth-order valence-corrected chi connectivity index (χ4v) is 1.45. The average Bonchev–Trinajstić information content (AvgIpc) is 2.31. The van der Waals surface area contributed by atoms with Crippen molar-refractivity contribution in [2.75, 3.05) is 5.73 Å². The summed E-state index contributed by atoms with van der Waals surface area (Å²) in [7, 11) is 0. The van der Waals surface area contributed by atoms with Gasteiger partial charge in [-0.05, 0) is 6.07 Å². The van der Waals surface area contributed by atoms with Crippen LogP contribution >= 0.6 is 15.9 Å². The fourth-order valence-electron chi connectivity index (χ4n) is 1.06. The van der Waals surface area contributed by atoms with E-state index < -0.39 is 5.95 Å². The molecule has 2 N–H and O–H groups in total. The third-order valence-electron chi connectivity index (χ3n) is 1.55. The molecule has 0 fully saturated rings. The van der Waals surface area contributed by atoms with Crippen LogP contribution < -0.4 is 5.73 Å². The van der Waals surface area contributed by atoms with Crippen molar-refractivity contribution in [3.8, 4) is 0 Å². The number of nitrogen functional groups attached to an aromatic ring is 1. The maximum absolute atomic E-state index is 13.2. The van der Waals surface area contributed by atoms with E-state index in [1.165, 1.54) is 16.7 Å². The molecule has 5 heteroatoms. The van der Waals surface area contributed by atoms with Gasteiger partial charge < -0.3 is 5.73 Å². The first kappa shape index (κ1) is 7.54. The molecule has 0 aliphatic heterocycles. The van der Waals surface area contributed by atoms with Crippen LogP contribution in [-0.2, 0) is 0 Å². The molecule has 0 aliphatic carbocycles. The van der Waals surface area contributed by atoms with Gasteiger partial charge in [0.15, 0.2) is 0 Å². The van der Waals surface area contributed by atoms with Crippen LogP contribution in [0.15, 0.2) is 22.8 Å². The molecular formula is C7H5BrFN3. The molecule has 2 heterocycles. The Hall–Kier alpha value is -1.10. The Labute approximate surface area is 76.1 Å². The molecule has 0 aliphatic rings. The van der Waals surface area contributed by atoms with Crippen LogP contribution in [0.25, 0.3) is 5.65 Å². The molecule has 0 saturated carbocycles. The first-order valence-electron chi connectivity index (χ1n) is 3.26. The van der Waals surface area contributed by atoms with Crippen LogP contribution in [0, 0.1) is 5.95 Å². The zero-order valence-corrected chi connectivity index (χ0v) is 7.55. The van der Waals surface area contributed by atoms with E-state index in [2.05, 4.69) is 20.9 Å². The number of nitrogens with zero attached hydrogens (tertiary/aromatic N) is 2. The van der Waals surface area contributed by atoms with E-state index in [1.54, 1.807) is 6.07 Å². The van der Waals surface area contributed by atoms with Gasteiger partial charge in [-0.2, -0.15) is 4.39 Å². The first-order valence-corrected chi connectivity index (χ1v) is 4.06. The normalized spacial score (nSPS) is 10.8. The monoisotopic (exact) mass is 229 g/mol. The maximum Gasteiger partial charge on any atom is 0.202 e. The Kier molecular flexibility index (Phi) is 1.54. The molecule has 0 spiro atoms. The summed E-state index contributed by atoms with van der Waals surface area (Å²) in [6.45, 7) is 0. The highest BCUT2D eigenvalue weighted by Crippen LogP contribution is 2.17. The topological polar surface area (TPSA) is 43.3 Å². The lowest BCUT2D eigenvalue weighted by molar-refractivity contribution is 0.569. The van der Waals surface area contributed by atoms with Gasteiger partial charge in [0.1, 0.15) is 11.5 Å². The van der Waals surface area contributed by atoms with E-state index in [-0.39, 0.29) is 0 Å². The minimum Gasteiger partial charge on any atom is -0.383 e. The second-order valence-corrected chi connectivity index (χ2v) is 3.29. The zero-order chi connectivity index (χ0) is 8.72. The van der Waals surface area contributed by atoms with Gasteiger partial charge in [-0.1, -0.05) is 15.9 Å². The van der Waals surface area contributed by atoms with Gasteiger partial charge in [-0.25, -0.2) is 4.98 Å². The molecule has 3 nitrogen and oxygen atoms in total. The molecule has 0 radical (unpaired) electrons. The number of imidazole rings is 1. The van der Waals surface area contributed by atoms with Crippen molar-refractivity contribution < 1.29 is 4.39 Å². The highest BCUT2D eigenvalue weighted by Gasteiger charge is 2.05. The Bertz CT molecular complexity index is 437. The minimum atomic E-state index is -0.422. The van der Waals surface area contributed by atoms with Gasteiger partial charge >= 0.3 is 0 Å². The largest absolute Gasteiger partial charge is 0.383 e. The molecule has 0 atom stereocenters. The molecule has 0 aromatic carbocycles. The number of halogens is 2. The summed E-state index contributed by atoms with van der Waals surface area (Å²) in [5.74, 6) is -0.121. The summed E-state index contributed by atoms with van der Waals surface area (Å²) in [6, 6.07) is 3.03. The van der Waals surface area contributed by atoms with Crippen molar-refractivity contribution in [3.05, 3.63) is 28.7 Å². The van der Waals surface area contributed by atoms with Gasteiger partial charge in [0, 0.05) is 10.5 Å². The molecule has 12 heavy (non-hydrogen) atoms. The van der Waals surface area contributed by atoms with E-state index in [1.807, 2.05) is 0 Å². The van der Waals surface area contributed by atoms with Crippen LogP contribution in [0.1, 0.15) is 0 Å². The Balaban J connectivity index is 2.93. The maximum atomic E-state index is 13.2. The lowest BCUT2D eigenvalue weighted by Crippen LogP contribution is -1.97. The lowest BCUT2D eigenvalue weighted by atomic mass is 10.5. The van der Waals surface area contributed by atoms with E-state index in [9.17, 15) is 4.39 Å². The summed E-state index contributed by atoms with van der Waals surface area (Å²) in [5, 5.41) is 0. The first-order chi connectivity index (χ1) is 5.68. The van der Waals surface area contributed by atoms with E-state index in [0.717, 1.165) is 0 Å². The molecule has 0 unspecified atom stereocenters. The number of anilines is 1. The van der Waals surface area contributed by atoms with Gasteiger partial charge in [0.05, 0.1) is 6.20 Å². The number of aromatic nitrogens is 2. The summed E-state index contributed by atoms with van der Waals surface area (Å²) < 4.78 is 15.0. The number of nitrogens with two attached hydrogens (primary N) is 1. The molecule has 0 amide bonds. The molecule has 2 aromatic rings. The highest BCUT2D eigenvalue weighted by molar-refractivity contribution is 9.10. The predicted octanol–water partition coefficient (Wildman–Crippen LogP) is 1.82. The quantitative estimate of drug-likeness (QED) is 0.701. The number of rotatable bonds is 0. The van der Waals surface area contributed by atoms with Crippen molar-refractivity contribution in [2.24, 2.45) is 0 Å². The van der Waals surface area contributed by atoms with E-state index in [0.29, 0.717) is 15.9 Å². The average molecular weight is 230 g/mol. The van der Waals surface area contributed by atoms with Crippen LogP contribution in [-0.4, -0.2) is 9.38 Å². The smallest absolute Gasteiger partial charge is 0.202 e. The van der Waals surface area contributed by atoms with Crippen molar-refractivity contribution in [2.45, 2.75) is 0 Å². The summed E-state index contributed by atoms with van der Waals surface area (Å²) in [5.41, 5.74) is 5.97. The molecule has 0 bridgehead atoms. The van der Waals surface area contributed by atoms with Crippen molar-refractivity contribution in [3.63, 3.8) is 0 Å². The van der Waals surface area contributed by atoms with Crippen molar-refractivity contribution in [1.82, 2.24) is 9.38 Å². The summed E-state index contributed by atoms with van der Waals surface area (Å²) in [6.07, 6.45) is 1.42. The summed E-state index contributed by atoms with van der Waals surface area (Å²) >= 11 is 3.16. The van der Waals surface area contributed by atoms with Crippen LogP contribution in [0.2, 0.25) is 0 Å². The lowest BCUT2D eigenvalue weighted by Gasteiger charge is -1.98. The van der Waals surface area contributed by atoms with Crippen LogP contribution in [0.3, 0.4) is 0 Å².